The minimum atomic E-state index is -0.435. The standard InChI is InChI=1S/C22H15N3O4/c26-20-11-10-16(14-18(20)22-24-19-8-1-2-9-21(19)29-22)23-12-4-6-15-5-3-7-17(13-15)25(27)28/h1-14,26H/b6-4+,23-12?. The van der Waals surface area contributed by atoms with E-state index in [1.165, 1.54) is 18.2 Å². The number of non-ortho nitro benzene ring substituents is 1. The molecular formula is C22H15N3O4. The third-order valence-electron chi connectivity index (χ3n) is 4.18. The Labute approximate surface area is 165 Å². The fraction of sp³-hybridized carbons (Fsp3) is 0. The predicted molar refractivity (Wildman–Crippen MR) is 111 cm³/mol. The number of aromatic nitrogens is 1. The summed E-state index contributed by atoms with van der Waals surface area (Å²) in [5.41, 5.74) is 3.11. The Morgan fingerprint density at radius 2 is 1.93 bits per heavy atom. The second kappa shape index (κ2) is 7.77. The highest BCUT2D eigenvalue weighted by molar-refractivity contribution is 5.82. The zero-order valence-electron chi connectivity index (χ0n) is 15.1. The van der Waals surface area contributed by atoms with E-state index >= 15 is 0 Å². The molecule has 0 aliphatic rings. The molecule has 0 radical (unpaired) electrons. The fourth-order valence-corrected chi connectivity index (χ4v) is 2.79. The molecule has 1 aromatic heterocycles. The lowest BCUT2D eigenvalue weighted by molar-refractivity contribution is -0.384. The van der Waals surface area contributed by atoms with Crippen LogP contribution < -0.4 is 0 Å². The number of oxazole rings is 1. The summed E-state index contributed by atoms with van der Waals surface area (Å²) in [6.45, 7) is 0. The molecule has 0 saturated heterocycles. The SMILES string of the molecule is O=[N+]([O-])c1cccc(/C=C/C=Nc2ccc(O)c(-c3nc4ccccc4o3)c2)c1. The van der Waals surface area contributed by atoms with E-state index in [-0.39, 0.29) is 11.4 Å². The number of fused-ring (bicyclic) bond motifs is 1. The van der Waals surface area contributed by atoms with Crippen LogP contribution in [0.15, 0.2) is 82.2 Å². The topological polar surface area (TPSA) is 102 Å². The van der Waals surface area contributed by atoms with Gasteiger partial charge in [-0.1, -0.05) is 30.3 Å². The van der Waals surface area contributed by atoms with Crippen molar-refractivity contribution in [2.75, 3.05) is 0 Å². The number of hydrogen-bond donors (Lipinski definition) is 1. The van der Waals surface area contributed by atoms with E-state index in [4.69, 9.17) is 4.42 Å². The molecule has 0 fully saturated rings. The minimum absolute atomic E-state index is 0.0330. The smallest absolute Gasteiger partial charge is 0.270 e. The number of phenolic OH excluding ortho intramolecular Hbond substituents is 1. The summed E-state index contributed by atoms with van der Waals surface area (Å²) in [7, 11) is 0. The molecule has 3 aromatic carbocycles. The van der Waals surface area contributed by atoms with Crippen LogP contribution in [-0.4, -0.2) is 21.2 Å². The number of aromatic hydroxyl groups is 1. The number of hydrogen-bond acceptors (Lipinski definition) is 6. The van der Waals surface area contributed by atoms with E-state index in [1.54, 1.807) is 42.6 Å². The Hall–Kier alpha value is -4.26. The first kappa shape index (κ1) is 18.1. The van der Waals surface area contributed by atoms with Crippen LogP contribution in [-0.2, 0) is 0 Å². The third-order valence-corrected chi connectivity index (χ3v) is 4.18. The van der Waals surface area contributed by atoms with Gasteiger partial charge in [-0.2, -0.15) is 0 Å². The Morgan fingerprint density at radius 3 is 2.76 bits per heavy atom. The van der Waals surface area contributed by atoms with Gasteiger partial charge in [0.2, 0.25) is 5.89 Å². The Kier molecular flexibility index (Phi) is 4.86. The van der Waals surface area contributed by atoms with Gasteiger partial charge in [0.25, 0.3) is 5.69 Å². The first-order valence-electron chi connectivity index (χ1n) is 8.74. The number of nitro groups is 1. The molecule has 0 aliphatic carbocycles. The Bertz CT molecular complexity index is 1220. The molecule has 7 nitrogen and oxygen atoms in total. The van der Waals surface area contributed by atoms with Gasteiger partial charge in [0, 0.05) is 18.3 Å². The average Bonchev–Trinajstić information content (AvgIpc) is 3.16. The highest BCUT2D eigenvalue weighted by Crippen LogP contribution is 2.33. The molecule has 7 heteroatoms. The van der Waals surface area contributed by atoms with Gasteiger partial charge < -0.3 is 9.52 Å². The third kappa shape index (κ3) is 4.03. The van der Waals surface area contributed by atoms with E-state index in [0.717, 1.165) is 0 Å². The molecule has 0 atom stereocenters. The van der Waals surface area contributed by atoms with Crippen LogP contribution in [0.25, 0.3) is 28.6 Å². The van der Waals surface area contributed by atoms with Gasteiger partial charge in [-0.25, -0.2) is 4.98 Å². The molecule has 0 aliphatic heterocycles. The summed E-state index contributed by atoms with van der Waals surface area (Å²) in [6, 6.07) is 18.5. The molecule has 4 rings (SSSR count). The van der Waals surface area contributed by atoms with E-state index in [0.29, 0.717) is 33.8 Å². The lowest BCUT2D eigenvalue weighted by Crippen LogP contribution is -1.87. The minimum Gasteiger partial charge on any atom is -0.507 e. The van der Waals surface area contributed by atoms with Crippen LogP contribution in [0.5, 0.6) is 5.75 Å². The Morgan fingerprint density at radius 1 is 1.07 bits per heavy atom. The molecule has 0 amide bonds. The summed E-state index contributed by atoms with van der Waals surface area (Å²) in [5, 5.41) is 21.0. The van der Waals surface area contributed by atoms with Crippen molar-refractivity contribution < 1.29 is 14.4 Å². The van der Waals surface area contributed by atoms with Crippen molar-refractivity contribution in [3.05, 3.63) is 88.5 Å². The summed E-state index contributed by atoms with van der Waals surface area (Å²) < 4.78 is 5.71. The van der Waals surface area contributed by atoms with Crippen LogP contribution in [0.4, 0.5) is 11.4 Å². The van der Waals surface area contributed by atoms with Crippen LogP contribution in [0.1, 0.15) is 5.56 Å². The van der Waals surface area contributed by atoms with Gasteiger partial charge in [-0.05, 0) is 42.0 Å². The van der Waals surface area contributed by atoms with Crippen LogP contribution in [0.2, 0.25) is 0 Å². The average molecular weight is 385 g/mol. The van der Waals surface area contributed by atoms with Gasteiger partial charge in [0.1, 0.15) is 11.3 Å². The highest BCUT2D eigenvalue weighted by Gasteiger charge is 2.12. The summed E-state index contributed by atoms with van der Waals surface area (Å²) in [4.78, 5) is 19.1. The maximum Gasteiger partial charge on any atom is 0.270 e. The maximum atomic E-state index is 10.8. The number of allylic oxidation sites excluding steroid dienone is 1. The van der Waals surface area contributed by atoms with Gasteiger partial charge in [0.05, 0.1) is 16.2 Å². The van der Waals surface area contributed by atoms with Crippen molar-refractivity contribution in [1.82, 2.24) is 4.98 Å². The lowest BCUT2D eigenvalue weighted by Gasteiger charge is -2.01. The van der Waals surface area contributed by atoms with Gasteiger partial charge in [-0.3, -0.25) is 15.1 Å². The Balaban J connectivity index is 1.56. The number of phenols is 1. The fourth-order valence-electron chi connectivity index (χ4n) is 2.79. The first-order valence-corrected chi connectivity index (χ1v) is 8.74. The number of rotatable bonds is 5. The van der Waals surface area contributed by atoms with Crippen molar-refractivity contribution in [3.8, 4) is 17.2 Å². The number of nitro benzene ring substituents is 1. The zero-order valence-corrected chi connectivity index (χ0v) is 15.1. The van der Waals surface area contributed by atoms with E-state index in [9.17, 15) is 15.2 Å². The summed E-state index contributed by atoms with van der Waals surface area (Å²) in [6.07, 6.45) is 4.98. The zero-order chi connectivity index (χ0) is 20.2. The van der Waals surface area contributed by atoms with E-state index in [1.807, 2.05) is 24.3 Å². The summed E-state index contributed by atoms with van der Waals surface area (Å²) >= 11 is 0. The molecule has 1 heterocycles. The summed E-state index contributed by atoms with van der Waals surface area (Å²) in [5.74, 6) is 0.357. The predicted octanol–water partition coefficient (Wildman–Crippen LogP) is 5.52. The van der Waals surface area contributed by atoms with Crippen LogP contribution in [0, 0.1) is 10.1 Å². The lowest BCUT2D eigenvalue weighted by atomic mass is 10.1. The largest absolute Gasteiger partial charge is 0.507 e. The first-order chi connectivity index (χ1) is 14.1. The van der Waals surface area contributed by atoms with Crippen molar-refractivity contribution in [3.63, 3.8) is 0 Å². The molecular weight excluding hydrogens is 370 g/mol. The van der Waals surface area contributed by atoms with Crippen LogP contribution >= 0.6 is 0 Å². The van der Waals surface area contributed by atoms with Gasteiger partial charge in [0.15, 0.2) is 5.58 Å². The number of nitrogens with zero attached hydrogens (tertiary/aromatic N) is 3. The van der Waals surface area contributed by atoms with Gasteiger partial charge in [-0.15, -0.1) is 0 Å². The molecule has 0 saturated carbocycles. The monoisotopic (exact) mass is 385 g/mol. The normalized spacial score (nSPS) is 11.6. The second-order valence-corrected chi connectivity index (χ2v) is 6.18. The van der Waals surface area contributed by atoms with Crippen molar-refractivity contribution in [2.45, 2.75) is 0 Å². The number of benzene rings is 3. The maximum absolute atomic E-state index is 10.8. The molecule has 29 heavy (non-hydrogen) atoms. The van der Waals surface area contributed by atoms with Crippen molar-refractivity contribution in [2.24, 2.45) is 4.99 Å². The van der Waals surface area contributed by atoms with Crippen LogP contribution in [0.3, 0.4) is 0 Å². The second-order valence-electron chi connectivity index (χ2n) is 6.18. The highest BCUT2D eigenvalue weighted by atomic mass is 16.6. The van der Waals surface area contributed by atoms with Crippen molar-refractivity contribution >= 4 is 34.8 Å². The van der Waals surface area contributed by atoms with E-state index in [2.05, 4.69) is 9.98 Å². The molecule has 4 aromatic rings. The molecule has 0 spiro atoms. The number of aliphatic imine (C=N–C) groups is 1. The quantitative estimate of drug-likeness (QED) is 0.277. The molecule has 0 bridgehead atoms. The molecule has 142 valence electrons. The van der Waals surface area contributed by atoms with Gasteiger partial charge >= 0.3 is 0 Å². The van der Waals surface area contributed by atoms with E-state index < -0.39 is 4.92 Å². The van der Waals surface area contributed by atoms with Crippen molar-refractivity contribution in [1.29, 1.82) is 0 Å². The molecule has 1 N–H and O–H groups in total. The molecule has 0 unspecified atom stereocenters. The number of para-hydroxylation sites is 2.